The first kappa shape index (κ1) is 21.0. The first-order valence-electron chi connectivity index (χ1n) is 14.7. The highest BCUT2D eigenvalue weighted by Gasteiger charge is 2.30. The van der Waals surface area contributed by atoms with E-state index in [9.17, 15) is 0 Å². The van der Waals surface area contributed by atoms with Gasteiger partial charge in [-0.15, -0.1) is 0 Å². The molecule has 0 unspecified atom stereocenters. The van der Waals surface area contributed by atoms with E-state index in [1.165, 1.54) is 103 Å². The van der Waals surface area contributed by atoms with Crippen molar-refractivity contribution in [2.75, 3.05) is 0 Å². The van der Waals surface area contributed by atoms with Crippen LogP contribution < -0.4 is 5.46 Å². The number of hydrogen-bond donors (Lipinski definition) is 0. The Morgan fingerprint density at radius 1 is 0.410 bits per heavy atom. The van der Waals surface area contributed by atoms with Crippen LogP contribution in [0.5, 0.6) is 0 Å². The lowest BCUT2D eigenvalue weighted by Crippen LogP contribution is -2.08. The van der Waals surface area contributed by atoms with Crippen molar-refractivity contribution in [2.45, 2.75) is 50.9 Å². The van der Waals surface area contributed by atoms with E-state index in [4.69, 9.17) is 7.85 Å². The molecule has 0 bridgehead atoms. The van der Waals surface area contributed by atoms with Crippen molar-refractivity contribution in [2.24, 2.45) is 0 Å². The molecule has 0 amide bonds. The van der Waals surface area contributed by atoms with Crippen molar-refractivity contribution in [1.29, 1.82) is 0 Å². The van der Waals surface area contributed by atoms with Crippen molar-refractivity contribution in [3.8, 4) is 44.5 Å². The SMILES string of the molecule is [B]c1ccc2c(c1)Cc1cc3c(cc1-2)Cc1cc2c(cc1-3)Cc1cc3c(cc1-2)Cc1cc(C2CCC2)ccc1-3. The molecule has 1 heteroatoms. The summed E-state index contributed by atoms with van der Waals surface area (Å²) in [7, 11) is 6.09. The van der Waals surface area contributed by atoms with Crippen LogP contribution in [-0.4, -0.2) is 7.85 Å². The summed E-state index contributed by atoms with van der Waals surface area (Å²) in [6, 6.07) is 28.8. The zero-order chi connectivity index (χ0) is 25.4. The highest BCUT2D eigenvalue weighted by Crippen LogP contribution is 2.50. The fourth-order valence-electron chi connectivity index (χ4n) is 8.31. The summed E-state index contributed by atoms with van der Waals surface area (Å²) in [5.41, 5.74) is 25.8. The van der Waals surface area contributed by atoms with Crippen LogP contribution in [0.3, 0.4) is 0 Å². The van der Waals surface area contributed by atoms with Gasteiger partial charge in [0.2, 0.25) is 0 Å². The zero-order valence-electron chi connectivity index (χ0n) is 22.0. The highest BCUT2D eigenvalue weighted by molar-refractivity contribution is 6.32. The van der Waals surface area contributed by atoms with Gasteiger partial charge in [-0.1, -0.05) is 48.3 Å². The smallest absolute Gasteiger partial charge is 0.0963 e. The Morgan fingerprint density at radius 3 is 1.23 bits per heavy atom. The maximum Gasteiger partial charge on any atom is 0.113 e. The molecule has 5 aliphatic carbocycles. The van der Waals surface area contributed by atoms with Gasteiger partial charge in [-0.05, 0) is 175 Å². The van der Waals surface area contributed by atoms with Crippen LogP contribution >= 0.6 is 0 Å². The number of rotatable bonds is 1. The summed E-state index contributed by atoms with van der Waals surface area (Å²) in [5.74, 6) is 0.803. The Labute approximate surface area is 231 Å². The van der Waals surface area contributed by atoms with Crippen LogP contribution in [0.15, 0.2) is 72.8 Å². The number of fused-ring (bicyclic) bond motifs is 12. The summed E-state index contributed by atoms with van der Waals surface area (Å²) in [6.07, 6.45) is 8.30. The van der Waals surface area contributed by atoms with Crippen molar-refractivity contribution in [3.05, 3.63) is 123 Å². The standard InChI is InChI=1S/C38H27B/c39-30-5-7-32-23(13-30)10-25-17-36-27(15-34(25)32)12-29-18-37-28(19-38(29)36)11-26-14-33-24(16-35(26)37)9-22-8-21(4-6-31(22)33)20-2-1-3-20/h4-8,13-20H,1-3,9-12H2. The van der Waals surface area contributed by atoms with Crippen molar-refractivity contribution in [3.63, 3.8) is 0 Å². The van der Waals surface area contributed by atoms with Crippen LogP contribution in [0.4, 0.5) is 0 Å². The van der Waals surface area contributed by atoms with Crippen LogP contribution in [0, 0.1) is 0 Å². The van der Waals surface area contributed by atoms with E-state index >= 15 is 0 Å². The molecule has 2 radical (unpaired) electrons. The van der Waals surface area contributed by atoms with Crippen molar-refractivity contribution >= 4 is 13.3 Å². The molecule has 0 aromatic heterocycles. The summed E-state index contributed by atoms with van der Waals surface area (Å²) in [6.45, 7) is 0. The molecule has 1 fully saturated rings. The Balaban J connectivity index is 1.02. The molecular formula is C38H27B. The summed E-state index contributed by atoms with van der Waals surface area (Å²) >= 11 is 0. The first-order chi connectivity index (χ1) is 19.2. The fourth-order valence-corrected chi connectivity index (χ4v) is 8.31. The minimum atomic E-state index is 0.803. The molecule has 182 valence electrons. The second-order valence-electron chi connectivity index (χ2n) is 12.7. The maximum absolute atomic E-state index is 6.09. The summed E-state index contributed by atoms with van der Waals surface area (Å²) in [5, 5.41) is 0. The molecule has 0 N–H and O–H groups in total. The number of benzene rings is 5. The van der Waals surface area contributed by atoms with Crippen LogP contribution in [-0.2, 0) is 25.7 Å². The molecule has 0 atom stereocenters. The summed E-state index contributed by atoms with van der Waals surface area (Å²) in [4.78, 5) is 0. The highest BCUT2D eigenvalue weighted by atomic mass is 14.3. The Bertz CT molecular complexity index is 1950. The Kier molecular flexibility index (Phi) is 3.89. The lowest BCUT2D eigenvalue weighted by atomic mass is 9.79. The molecule has 0 heterocycles. The predicted octanol–water partition coefficient (Wildman–Crippen LogP) is 8.03. The fraction of sp³-hybridized carbons (Fsp3) is 0.211. The molecule has 5 aromatic carbocycles. The normalized spacial score (nSPS) is 16.5. The molecule has 10 rings (SSSR count). The quantitative estimate of drug-likeness (QED) is 0.203. The molecule has 5 aliphatic rings. The van der Waals surface area contributed by atoms with E-state index in [1.54, 1.807) is 11.1 Å². The van der Waals surface area contributed by atoms with E-state index < -0.39 is 0 Å². The van der Waals surface area contributed by atoms with E-state index in [0.717, 1.165) is 37.1 Å². The molecule has 0 saturated heterocycles. The predicted molar refractivity (Wildman–Crippen MR) is 161 cm³/mol. The van der Waals surface area contributed by atoms with Gasteiger partial charge in [0.25, 0.3) is 0 Å². The van der Waals surface area contributed by atoms with Gasteiger partial charge in [-0.2, -0.15) is 0 Å². The Morgan fingerprint density at radius 2 is 0.795 bits per heavy atom. The molecule has 0 spiro atoms. The van der Waals surface area contributed by atoms with Crippen molar-refractivity contribution < 1.29 is 0 Å². The van der Waals surface area contributed by atoms with E-state index in [-0.39, 0.29) is 0 Å². The minimum Gasteiger partial charge on any atom is -0.0963 e. The van der Waals surface area contributed by atoms with Crippen LogP contribution in [0.25, 0.3) is 44.5 Å². The molecule has 0 nitrogen and oxygen atoms in total. The molecule has 5 aromatic rings. The van der Waals surface area contributed by atoms with Gasteiger partial charge in [0.05, 0.1) is 0 Å². The maximum atomic E-state index is 6.09. The lowest BCUT2D eigenvalue weighted by molar-refractivity contribution is 0.419. The van der Waals surface area contributed by atoms with E-state index in [1.807, 2.05) is 6.07 Å². The largest absolute Gasteiger partial charge is 0.113 e. The molecule has 1 saturated carbocycles. The monoisotopic (exact) mass is 494 g/mol. The number of hydrogen-bond acceptors (Lipinski definition) is 0. The van der Waals surface area contributed by atoms with Gasteiger partial charge in [0.15, 0.2) is 0 Å². The van der Waals surface area contributed by atoms with Crippen molar-refractivity contribution in [1.82, 2.24) is 0 Å². The van der Waals surface area contributed by atoms with Gasteiger partial charge >= 0.3 is 0 Å². The zero-order valence-corrected chi connectivity index (χ0v) is 22.0. The van der Waals surface area contributed by atoms with Gasteiger partial charge in [-0.25, -0.2) is 0 Å². The lowest BCUT2D eigenvalue weighted by Gasteiger charge is -2.26. The summed E-state index contributed by atoms with van der Waals surface area (Å²) < 4.78 is 0. The molecule has 0 aliphatic heterocycles. The topological polar surface area (TPSA) is 0 Å². The third kappa shape index (κ3) is 2.81. The van der Waals surface area contributed by atoms with Gasteiger partial charge in [0.1, 0.15) is 7.85 Å². The van der Waals surface area contributed by atoms with Gasteiger partial charge in [-0.3, -0.25) is 0 Å². The van der Waals surface area contributed by atoms with Crippen LogP contribution in [0.2, 0.25) is 0 Å². The first-order valence-corrected chi connectivity index (χ1v) is 14.7. The van der Waals surface area contributed by atoms with E-state index in [2.05, 4.69) is 66.7 Å². The second-order valence-corrected chi connectivity index (χ2v) is 12.7. The third-order valence-corrected chi connectivity index (χ3v) is 10.5. The Hall–Kier alpha value is -3.84. The van der Waals surface area contributed by atoms with Crippen LogP contribution in [0.1, 0.15) is 75.3 Å². The average molecular weight is 494 g/mol. The van der Waals surface area contributed by atoms with E-state index in [0.29, 0.717) is 0 Å². The minimum absolute atomic E-state index is 0.803. The third-order valence-electron chi connectivity index (χ3n) is 10.5. The average Bonchev–Trinajstić information content (AvgIpc) is 3.62. The molecule has 39 heavy (non-hydrogen) atoms. The second kappa shape index (κ2) is 7.22. The van der Waals surface area contributed by atoms with Gasteiger partial charge < -0.3 is 0 Å². The molecular weight excluding hydrogens is 467 g/mol. The van der Waals surface area contributed by atoms with Gasteiger partial charge in [0, 0.05) is 0 Å².